The molecule has 2 N–H and O–H groups in total. The van der Waals surface area contributed by atoms with E-state index >= 15 is 0 Å². The molecule has 19 heavy (non-hydrogen) atoms. The van der Waals surface area contributed by atoms with E-state index in [4.69, 9.17) is 17.3 Å². The molecule has 104 valence electrons. The Bertz CT molecular complexity index is 516. The van der Waals surface area contributed by atoms with Gasteiger partial charge in [-0.1, -0.05) is 32.4 Å². The molecule has 2 bridgehead atoms. The van der Waals surface area contributed by atoms with Crippen LogP contribution in [0.5, 0.6) is 0 Å². The van der Waals surface area contributed by atoms with Gasteiger partial charge >= 0.3 is 0 Å². The van der Waals surface area contributed by atoms with E-state index in [0.29, 0.717) is 27.7 Å². The summed E-state index contributed by atoms with van der Waals surface area (Å²) in [6.07, 6.45) is 5.16. The van der Waals surface area contributed by atoms with Gasteiger partial charge in [0.25, 0.3) is 0 Å². The number of hydrogen-bond acceptors (Lipinski definition) is 4. The van der Waals surface area contributed by atoms with Crippen molar-refractivity contribution in [1.82, 2.24) is 9.97 Å². The van der Waals surface area contributed by atoms with Crippen LogP contribution in [0.25, 0.3) is 0 Å². The van der Waals surface area contributed by atoms with Crippen LogP contribution in [0.3, 0.4) is 0 Å². The predicted molar refractivity (Wildman–Crippen MR) is 78.3 cm³/mol. The van der Waals surface area contributed by atoms with Gasteiger partial charge < -0.3 is 10.6 Å². The van der Waals surface area contributed by atoms with E-state index in [1.807, 2.05) is 0 Å². The summed E-state index contributed by atoms with van der Waals surface area (Å²) in [6.45, 7) is 8.10. The fourth-order valence-corrected chi connectivity index (χ4v) is 4.43. The summed E-state index contributed by atoms with van der Waals surface area (Å²) in [7, 11) is 0. The van der Waals surface area contributed by atoms with Crippen LogP contribution in [-0.4, -0.2) is 22.6 Å². The normalized spacial score (nSPS) is 32.6. The van der Waals surface area contributed by atoms with Gasteiger partial charge in [0, 0.05) is 12.6 Å². The third-order valence-electron chi connectivity index (χ3n) is 4.50. The van der Waals surface area contributed by atoms with E-state index < -0.39 is 0 Å². The molecule has 0 amide bonds. The van der Waals surface area contributed by atoms with Gasteiger partial charge in [-0.3, -0.25) is 0 Å². The van der Waals surface area contributed by atoms with E-state index in [0.717, 1.165) is 12.4 Å². The van der Waals surface area contributed by atoms with Crippen molar-refractivity contribution in [3.63, 3.8) is 0 Å². The Kier molecular flexibility index (Phi) is 2.72. The average molecular weight is 281 g/mol. The largest absolute Gasteiger partial charge is 0.393 e. The Labute approximate surface area is 119 Å². The molecule has 1 aromatic heterocycles. The molecule has 3 rings (SSSR count). The second-order valence-electron chi connectivity index (χ2n) is 7.24. The molecule has 0 aromatic carbocycles. The molecular formula is C14H21ClN4. The second-order valence-corrected chi connectivity index (χ2v) is 7.60. The highest BCUT2D eigenvalue weighted by molar-refractivity contribution is 6.32. The number of halogens is 1. The highest BCUT2D eigenvalue weighted by Crippen LogP contribution is 2.53. The summed E-state index contributed by atoms with van der Waals surface area (Å²) in [6, 6.07) is 0.516. The van der Waals surface area contributed by atoms with E-state index in [1.54, 1.807) is 0 Å². The average Bonchev–Trinajstić information content (AvgIpc) is 2.52. The maximum atomic E-state index is 6.06. The molecule has 1 saturated heterocycles. The minimum absolute atomic E-state index is 0.357. The van der Waals surface area contributed by atoms with Crippen LogP contribution in [0.15, 0.2) is 6.33 Å². The summed E-state index contributed by atoms with van der Waals surface area (Å²) < 4.78 is 0. The zero-order valence-electron chi connectivity index (χ0n) is 11.8. The molecule has 2 fully saturated rings. The summed E-state index contributed by atoms with van der Waals surface area (Å²) in [5.74, 6) is 0.812. The zero-order valence-corrected chi connectivity index (χ0v) is 12.5. The van der Waals surface area contributed by atoms with Crippen molar-refractivity contribution in [1.29, 1.82) is 0 Å². The molecule has 1 aromatic rings. The summed E-state index contributed by atoms with van der Waals surface area (Å²) >= 11 is 6.02. The first-order valence-electron chi connectivity index (χ1n) is 6.82. The maximum Gasteiger partial charge on any atom is 0.157 e. The Balaban J connectivity index is 1.98. The number of nitrogens with zero attached hydrogens (tertiary/aromatic N) is 3. The highest BCUT2D eigenvalue weighted by atomic mass is 35.5. The number of anilines is 2. The second kappa shape index (κ2) is 3.98. The zero-order chi connectivity index (χ0) is 13.8. The summed E-state index contributed by atoms with van der Waals surface area (Å²) in [5.41, 5.74) is 7.31. The summed E-state index contributed by atoms with van der Waals surface area (Å²) in [5, 5.41) is 0.357. The van der Waals surface area contributed by atoms with Gasteiger partial charge in [0.15, 0.2) is 11.0 Å². The first kappa shape index (κ1) is 13.0. The van der Waals surface area contributed by atoms with E-state index in [9.17, 15) is 0 Å². The fourth-order valence-electron chi connectivity index (χ4n) is 4.30. The van der Waals surface area contributed by atoms with Gasteiger partial charge in [-0.25, -0.2) is 9.97 Å². The summed E-state index contributed by atoms with van der Waals surface area (Å²) in [4.78, 5) is 10.7. The van der Waals surface area contributed by atoms with Crippen LogP contribution >= 0.6 is 11.6 Å². The number of fused-ring (bicyclic) bond motifs is 2. The van der Waals surface area contributed by atoms with Crippen molar-refractivity contribution in [2.24, 2.45) is 10.8 Å². The van der Waals surface area contributed by atoms with Gasteiger partial charge in [-0.2, -0.15) is 0 Å². The maximum absolute atomic E-state index is 6.06. The highest BCUT2D eigenvalue weighted by Gasteiger charge is 2.50. The number of hydrogen-bond donors (Lipinski definition) is 1. The van der Waals surface area contributed by atoms with Crippen LogP contribution in [0, 0.1) is 10.8 Å². The van der Waals surface area contributed by atoms with Crippen LogP contribution in [0.4, 0.5) is 11.5 Å². The van der Waals surface area contributed by atoms with Gasteiger partial charge in [0.2, 0.25) is 0 Å². The Morgan fingerprint density at radius 2 is 2.05 bits per heavy atom. The molecule has 1 aliphatic heterocycles. The van der Waals surface area contributed by atoms with Crippen molar-refractivity contribution < 1.29 is 0 Å². The molecule has 0 radical (unpaired) electrons. The lowest BCUT2D eigenvalue weighted by Gasteiger charge is -2.39. The van der Waals surface area contributed by atoms with E-state index in [-0.39, 0.29) is 0 Å². The molecular weight excluding hydrogens is 260 g/mol. The predicted octanol–water partition coefficient (Wildman–Crippen LogP) is 3.12. The van der Waals surface area contributed by atoms with Gasteiger partial charge in [0.1, 0.15) is 12.0 Å². The Morgan fingerprint density at radius 3 is 2.79 bits per heavy atom. The molecule has 2 aliphatic rings. The molecule has 1 aliphatic carbocycles. The number of aromatic nitrogens is 2. The van der Waals surface area contributed by atoms with Gasteiger partial charge in [-0.05, 0) is 30.1 Å². The number of rotatable bonds is 1. The monoisotopic (exact) mass is 280 g/mol. The molecule has 2 atom stereocenters. The SMILES string of the molecule is CC1(C)CC2CC(C)(CN2c2ncnc(Cl)c2N)C1. The first-order valence-corrected chi connectivity index (χ1v) is 7.20. The lowest BCUT2D eigenvalue weighted by Crippen LogP contribution is -2.35. The molecule has 4 nitrogen and oxygen atoms in total. The van der Waals surface area contributed by atoms with Crippen molar-refractivity contribution in [2.75, 3.05) is 17.2 Å². The smallest absolute Gasteiger partial charge is 0.157 e. The van der Waals surface area contributed by atoms with E-state index in [1.165, 1.54) is 25.6 Å². The topological polar surface area (TPSA) is 55.0 Å². The molecule has 2 unspecified atom stereocenters. The lowest BCUT2D eigenvalue weighted by molar-refractivity contribution is 0.136. The van der Waals surface area contributed by atoms with Gasteiger partial charge in [-0.15, -0.1) is 0 Å². The third-order valence-corrected chi connectivity index (χ3v) is 4.80. The van der Waals surface area contributed by atoms with Crippen LogP contribution < -0.4 is 10.6 Å². The quantitative estimate of drug-likeness (QED) is 0.803. The van der Waals surface area contributed by atoms with Crippen molar-refractivity contribution in [3.05, 3.63) is 11.5 Å². The van der Waals surface area contributed by atoms with Crippen LogP contribution in [0.2, 0.25) is 5.15 Å². The molecule has 2 heterocycles. The number of nitrogen functional groups attached to an aromatic ring is 1. The Morgan fingerprint density at radius 1 is 1.32 bits per heavy atom. The van der Waals surface area contributed by atoms with E-state index in [2.05, 4.69) is 35.6 Å². The standard InChI is InChI=1S/C14H21ClN4/c1-13(2)4-9-5-14(3,6-13)7-19(9)12-10(16)11(15)17-8-18-12/h8-9H,4-7,16H2,1-3H3. The molecule has 1 saturated carbocycles. The van der Waals surface area contributed by atoms with Crippen LogP contribution in [-0.2, 0) is 0 Å². The fraction of sp³-hybridized carbons (Fsp3) is 0.714. The molecule has 0 spiro atoms. The lowest BCUT2D eigenvalue weighted by atomic mass is 9.65. The minimum atomic E-state index is 0.357. The minimum Gasteiger partial charge on any atom is -0.393 e. The first-order chi connectivity index (χ1) is 8.80. The van der Waals surface area contributed by atoms with Crippen LogP contribution in [0.1, 0.15) is 40.0 Å². The molecule has 5 heteroatoms. The van der Waals surface area contributed by atoms with Crippen molar-refractivity contribution in [2.45, 2.75) is 46.1 Å². The third kappa shape index (κ3) is 2.16. The van der Waals surface area contributed by atoms with Gasteiger partial charge in [0.05, 0.1) is 0 Å². The Hall–Kier alpha value is -1.03. The van der Waals surface area contributed by atoms with Crippen molar-refractivity contribution >= 4 is 23.1 Å². The van der Waals surface area contributed by atoms with Crippen molar-refractivity contribution in [3.8, 4) is 0 Å². The number of nitrogens with two attached hydrogens (primary N) is 1.